The first-order valence-electron chi connectivity index (χ1n) is 3.58. The van der Waals surface area contributed by atoms with Gasteiger partial charge in [0.25, 0.3) is 0 Å². The van der Waals surface area contributed by atoms with Crippen molar-refractivity contribution < 1.29 is 0 Å². The number of pyridine rings is 1. The maximum atomic E-state index is 5.74. The quantitative estimate of drug-likeness (QED) is 0.697. The van der Waals surface area contributed by atoms with Crippen LogP contribution in [-0.4, -0.2) is 4.98 Å². The zero-order valence-electron chi connectivity index (χ0n) is 6.29. The van der Waals surface area contributed by atoms with E-state index < -0.39 is 0 Å². The van der Waals surface area contributed by atoms with Crippen molar-refractivity contribution in [2.45, 2.75) is 0 Å². The molecule has 2 nitrogen and oxygen atoms in total. The fourth-order valence-corrected chi connectivity index (χ4v) is 1.63. The lowest BCUT2D eigenvalue weighted by Crippen LogP contribution is -1.89. The van der Waals surface area contributed by atoms with E-state index in [2.05, 4.69) is 20.9 Å². The molecule has 12 heavy (non-hydrogen) atoms. The monoisotopic (exact) mass is 222 g/mol. The molecule has 0 atom stereocenters. The maximum Gasteiger partial charge on any atom is 0.114 e. The summed E-state index contributed by atoms with van der Waals surface area (Å²) >= 11 is 3.36. The van der Waals surface area contributed by atoms with Crippen molar-refractivity contribution in [1.29, 1.82) is 0 Å². The van der Waals surface area contributed by atoms with Gasteiger partial charge in [0, 0.05) is 10.8 Å². The topological polar surface area (TPSA) is 38.9 Å². The number of hydrogen-bond acceptors (Lipinski definition) is 2. The van der Waals surface area contributed by atoms with Crippen molar-refractivity contribution in [2.75, 3.05) is 5.73 Å². The minimum absolute atomic E-state index is 0.716. The first-order chi connectivity index (χ1) is 5.79. The first-order valence-corrected chi connectivity index (χ1v) is 4.37. The van der Waals surface area contributed by atoms with Gasteiger partial charge in [-0.3, -0.25) is 0 Å². The van der Waals surface area contributed by atoms with Gasteiger partial charge in [-0.25, -0.2) is 4.98 Å². The molecule has 0 amide bonds. The molecule has 2 aromatic rings. The highest BCUT2D eigenvalue weighted by atomic mass is 79.9. The van der Waals surface area contributed by atoms with E-state index in [9.17, 15) is 0 Å². The van der Waals surface area contributed by atoms with Crippen molar-refractivity contribution in [3.05, 3.63) is 35.1 Å². The number of benzene rings is 1. The summed E-state index contributed by atoms with van der Waals surface area (Å²) < 4.78 is 0.840. The maximum absolute atomic E-state index is 5.74. The Hall–Kier alpha value is -1.09. The third kappa shape index (κ3) is 1.06. The Morgan fingerprint density at radius 3 is 2.50 bits per heavy atom. The van der Waals surface area contributed by atoms with E-state index in [1.165, 1.54) is 0 Å². The van der Waals surface area contributed by atoms with Gasteiger partial charge in [-0.2, -0.15) is 0 Å². The molecule has 2 N–H and O–H groups in total. The standard InChI is InChI=1S/C9H7BrN2/c10-9-7-4-2-1-3-6(7)8(11)5-12-9/h1-5H,11H2. The Kier molecular flexibility index (Phi) is 1.73. The van der Waals surface area contributed by atoms with E-state index in [1.807, 2.05) is 24.3 Å². The smallest absolute Gasteiger partial charge is 0.114 e. The van der Waals surface area contributed by atoms with Crippen LogP contribution in [0.5, 0.6) is 0 Å². The molecule has 60 valence electrons. The average Bonchev–Trinajstić information content (AvgIpc) is 2.12. The molecule has 0 radical (unpaired) electrons. The summed E-state index contributed by atoms with van der Waals surface area (Å²) in [5, 5.41) is 2.09. The van der Waals surface area contributed by atoms with Gasteiger partial charge in [-0.15, -0.1) is 0 Å². The van der Waals surface area contributed by atoms with Gasteiger partial charge in [0.2, 0.25) is 0 Å². The van der Waals surface area contributed by atoms with Crippen LogP contribution in [0, 0.1) is 0 Å². The van der Waals surface area contributed by atoms with Crippen LogP contribution in [0.25, 0.3) is 10.8 Å². The highest BCUT2D eigenvalue weighted by Crippen LogP contribution is 2.25. The predicted molar refractivity (Wildman–Crippen MR) is 53.9 cm³/mol. The number of fused-ring (bicyclic) bond motifs is 1. The van der Waals surface area contributed by atoms with Crippen molar-refractivity contribution in [3.8, 4) is 0 Å². The number of nitrogens with two attached hydrogens (primary N) is 1. The normalized spacial score (nSPS) is 10.4. The molecule has 0 aliphatic heterocycles. The summed E-state index contributed by atoms with van der Waals surface area (Å²) in [4.78, 5) is 4.10. The zero-order valence-corrected chi connectivity index (χ0v) is 7.88. The van der Waals surface area contributed by atoms with Crippen LogP contribution in [0.3, 0.4) is 0 Å². The number of halogens is 1. The summed E-state index contributed by atoms with van der Waals surface area (Å²) in [5.41, 5.74) is 6.46. The van der Waals surface area contributed by atoms with Gasteiger partial charge in [0.15, 0.2) is 0 Å². The molecule has 0 aliphatic carbocycles. The van der Waals surface area contributed by atoms with Crippen LogP contribution in [-0.2, 0) is 0 Å². The van der Waals surface area contributed by atoms with Crippen LogP contribution < -0.4 is 5.73 Å². The van der Waals surface area contributed by atoms with E-state index in [0.29, 0.717) is 5.69 Å². The Balaban J connectivity index is 2.95. The van der Waals surface area contributed by atoms with Crippen LogP contribution in [0.4, 0.5) is 5.69 Å². The van der Waals surface area contributed by atoms with Gasteiger partial charge in [0.05, 0.1) is 11.9 Å². The highest BCUT2D eigenvalue weighted by Gasteiger charge is 2.00. The number of hydrogen-bond donors (Lipinski definition) is 1. The molecular formula is C9H7BrN2. The predicted octanol–water partition coefficient (Wildman–Crippen LogP) is 2.58. The fourth-order valence-electron chi connectivity index (χ4n) is 1.18. The SMILES string of the molecule is Nc1cnc(Br)c2ccccc12. The lowest BCUT2D eigenvalue weighted by Gasteiger charge is -2.01. The molecule has 1 aromatic heterocycles. The van der Waals surface area contributed by atoms with Gasteiger partial charge >= 0.3 is 0 Å². The minimum Gasteiger partial charge on any atom is -0.397 e. The van der Waals surface area contributed by atoms with Crippen LogP contribution in [0.2, 0.25) is 0 Å². The molecule has 3 heteroatoms. The van der Waals surface area contributed by atoms with E-state index in [-0.39, 0.29) is 0 Å². The minimum atomic E-state index is 0.716. The van der Waals surface area contributed by atoms with Crippen molar-refractivity contribution in [2.24, 2.45) is 0 Å². The Labute approximate surface area is 78.5 Å². The van der Waals surface area contributed by atoms with E-state index >= 15 is 0 Å². The molecule has 0 bridgehead atoms. The largest absolute Gasteiger partial charge is 0.397 e. The summed E-state index contributed by atoms with van der Waals surface area (Å²) in [7, 11) is 0. The zero-order chi connectivity index (χ0) is 8.55. The molecule has 0 unspecified atom stereocenters. The second kappa shape index (κ2) is 2.75. The second-order valence-corrected chi connectivity index (χ2v) is 3.30. The summed E-state index contributed by atoms with van der Waals surface area (Å²) in [6, 6.07) is 7.90. The molecule has 0 fully saturated rings. The van der Waals surface area contributed by atoms with Crippen molar-refractivity contribution in [3.63, 3.8) is 0 Å². The van der Waals surface area contributed by atoms with Gasteiger partial charge in [-0.1, -0.05) is 24.3 Å². The van der Waals surface area contributed by atoms with E-state index in [0.717, 1.165) is 15.4 Å². The highest BCUT2D eigenvalue weighted by molar-refractivity contribution is 9.10. The van der Waals surface area contributed by atoms with Crippen molar-refractivity contribution >= 4 is 32.4 Å². The number of nitrogens with zero attached hydrogens (tertiary/aromatic N) is 1. The third-order valence-corrected chi connectivity index (χ3v) is 2.41. The van der Waals surface area contributed by atoms with E-state index in [1.54, 1.807) is 6.20 Å². The number of nitrogen functional groups attached to an aromatic ring is 1. The summed E-state index contributed by atoms with van der Waals surface area (Å²) in [6.45, 7) is 0. The first kappa shape index (κ1) is 7.55. The van der Waals surface area contributed by atoms with Gasteiger partial charge in [0.1, 0.15) is 4.60 Å². The van der Waals surface area contributed by atoms with Crippen molar-refractivity contribution in [1.82, 2.24) is 4.98 Å². The average molecular weight is 223 g/mol. The lowest BCUT2D eigenvalue weighted by molar-refractivity contribution is 1.32. The van der Waals surface area contributed by atoms with Crippen LogP contribution in [0.15, 0.2) is 35.1 Å². The van der Waals surface area contributed by atoms with Crippen LogP contribution >= 0.6 is 15.9 Å². The molecule has 2 rings (SSSR count). The molecule has 0 spiro atoms. The van der Waals surface area contributed by atoms with Gasteiger partial charge < -0.3 is 5.73 Å². The van der Waals surface area contributed by atoms with Crippen LogP contribution in [0.1, 0.15) is 0 Å². The third-order valence-electron chi connectivity index (χ3n) is 1.78. The number of anilines is 1. The van der Waals surface area contributed by atoms with E-state index in [4.69, 9.17) is 5.73 Å². The summed E-state index contributed by atoms with van der Waals surface area (Å²) in [6.07, 6.45) is 1.66. The molecule has 0 saturated carbocycles. The number of aromatic nitrogens is 1. The molecule has 0 aliphatic rings. The van der Waals surface area contributed by atoms with Gasteiger partial charge in [-0.05, 0) is 15.9 Å². The Morgan fingerprint density at radius 1 is 1.17 bits per heavy atom. The summed E-state index contributed by atoms with van der Waals surface area (Å²) in [5.74, 6) is 0. The fraction of sp³-hybridized carbons (Fsp3) is 0. The second-order valence-electron chi connectivity index (χ2n) is 2.55. The Morgan fingerprint density at radius 2 is 1.83 bits per heavy atom. The molecule has 1 aromatic carbocycles. The Bertz CT molecular complexity index is 385. The molecule has 1 heterocycles. The molecule has 0 saturated heterocycles. The molecular weight excluding hydrogens is 216 g/mol. The lowest BCUT2D eigenvalue weighted by atomic mass is 10.1. The number of rotatable bonds is 0.